The van der Waals surface area contributed by atoms with E-state index in [1.165, 1.54) is 6.07 Å². The molecule has 0 aromatic heterocycles. The van der Waals surface area contributed by atoms with Gasteiger partial charge < -0.3 is 4.74 Å². The molecular formula is C14H17N3O3. The minimum Gasteiger partial charge on any atom is -0.484 e. The van der Waals surface area contributed by atoms with Crippen molar-refractivity contribution in [3.8, 4) is 11.8 Å². The van der Waals surface area contributed by atoms with Crippen LogP contribution < -0.4 is 10.1 Å². The highest BCUT2D eigenvalue weighted by molar-refractivity contribution is 5.48. The van der Waals surface area contributed by atoms with E-state index in [1.54, 1.807) is 26.0 Å². The first-order chi connectivity index (χ1) is 9.43. The van der Waals surface area contributed by atoms with Gasteiger partial charge in [-0.3, -0.25) is 15.4 Å². The molecule has 20 heavy (non-hydrogen) atoms. The molecule has 1 N–H and O–H groups in total. The minimum atomic E-state index is -0.833. The van der Waals surface area contributed by atoms with E-state index in [4.69, 9.17) is 4.74 Å². The van der Waals surface area contributed by atoms with Gasteiger partial charge in [-0.05, 0) is 38.3 Å². The molecule has 1 aliphatic carbocycles. The van der Waals surface area contributed by atoms with E-state index in [-0.39, 0.29) is 18.0 Å². The Labute approximate surface area is 117 Å². The Balaban J connectivity index is 2.09. The van der Waals surface area contributed by atoms with E-state index in [1.807, 2.05) is 0 Å². The van der Waals surface area contributed by atoms with Crippen molar-refractivity contribution in [1.82, 2.24) is 5.32 Å². The number of nitrogens with zero attached hydrogens (tertiary/aromatic N) is 2. The minimum absolute atomic E-state index is 0.0725. The number of hydrogen-bond donors (Lipinski definition) is 1. The van der Waals surface area contributed by atoms with Crippen molar-refractivity contribution in [3.63, 3.8) is 0 Å². The average molecular weight is 275 g/mol. The Morgan fingerprint density at radius 3 is 2.85 bits per heavy atom. The fraction of sp³-hybridized carbons (Fsp3) is 0.500. The molecule has 1 saturated carbocycles. The molecule has 0 heterocycles. The van der Waals surface area contributed by atoms with Crippen LogP contribution in [0, 0.1) is 28.4 Å². The lowest BCUT2D eigenvalue weighted by molar-refractivity contribution is -0.385. The number of benzene rings is 1. The molecule has 0 saturated heterocycles. The molecule has 0 aliphatic heterocycles. The van der Waals surface area contributed by atoms with E-state index in [0.29, 0.717) is 6.04 Å². The van der Waals surface area contributed by atoms with E-state index in [2.05, 4.69) is 11.4 Å². The first-order valence-electron chi connectivity index (χ1n) is 6.50. The lowest BCUT2D eigenvalue weighted by Crippen LogP contribution is -2.47. The largest absolute Gasteiger partial charge is 0.484 e. The Morgan fingerprint density at radius 2 is 2.30 bits per heavy atom. The van der Waals surface area contributed by atoms with Gasteiger partial charge in [-0.25, -0.2) is 0 Å². The number of nitriles is 1. The molecule has 1 fully saturated rings. The average Bonchev–Trinajstić information content (AvgIpc) is 3.21. The van der Waals surface area contributed by atoms with Crippen LogP contribution in [0.2, 0.25) is 0 Å². The van der Waals surface area contributed by atoms with Crippen molar-refractivity contribution < 1.29 is 9.66 Å². The maximum Gasteiger partial charge on any atom is 0.311 e. The van der Waals surface area contributed by atoms with Crippen molar-refractivity contribution in [2.24, 2.45) is 0 Å². The van der Waals surface area contributed by atoms with Gasteiger partial charge in [0.25, 0.3) is 0 Å². The summed E-state index contributed by atoms with van der Waals surface area (Å²) in [6.45, 7) is 3.60. The monoisotopic (exact) mass is 275 g/mol. The summed E-state index contributed by atoms with van der Waals surface area (Å²) >= 11 is 0. The highest BCUT2D eigenvalue weighted by Crippen LogP contribution is 2.29. The van der Waals surface area contributed by atoms with Crippen molar-refractivity contribution in [1.29, 1.82) is 5.26 Å². The molecular weight excluding hydrogens is 258 g/mol. The standard InChI is InChI=1S/C14H17N3O3/c1-10-3-6-13(12(7-10)17(18)19)20-9-14(2,8-15)16-11-4-5-11/h3,6-7,11,16H,4-5,9H2,1-2H3. The Kier molecular flexibility index (Phi) is 3.91. The molecule has 106 valence electrons. The summed E-state index contributed by atoms with van der Waals surface area (Å²) < 4.78 is 5.51. The molecule has 6 nitrogen and oxygen atoms in total. The van der Waals surface area contributed by atoms with Crippen molar-refractivity contribution in [2.75, 3.05) is 6.61 Å². The van der Waals surface area contributed by atoms with Crippen molar-refractivity contribution in [2.45, 2.75) is 38.3 Å². The second-order valence-corrected chi connectivity index (χ2v) is 5.38. The Morgan fingerprint density at radius 1 is 1.60 bits per heavy atom. The third kappa shape index (κ3) is 3.45. The fourth-order valence-corrected chi connectivity index (χ4v) is 1.90. The summed E-state index contributed by atoms with van der Waals surface area (Å²) in [7, 11) is 0. The van der Waals surface area contributed by atoms with Gasteiger partial charge in [0.1, 0.15) is 12.1 Å². The zero-order valence-corrected chi connectivity index (χ0v) is 11.5. The first-order valence-corrected chi connectivity index (χ1v) is 6.50. The van der Waals surface area contributed by atoms with Gasteiger partial charge in [0.05, 0.1) is 11.0 Å². The number of nitro groups is 1. The SMILES string of the molecule is Cc1ccc(OCC(C)(C#N)NC2CC2)c([N+](=O)[O-])c1. The van der Waals surface area contributed by atoms with Crippen molar-refractivity contribution in [3.05, 3.63) is 33.9 Å². The summed E-state index contributed by atoms with van der Waals surface area (Å²) in [5, 5.41) is 23.4. The molecule has 2 rings (SSSR count). The van der Waals surface area contributed by atoms with E-state index in [0.717, 1.165) is 18.4 Å². The fourth-order valence-electron chi connectivity index (χ4n) is 1.90. The van der Waals surface area contributed by atoms with Crippen LogP contribution in [0.3, 0.4) is 0 Å². The third-order valence-electron chi connectivity index (χ3n) is 3.17. The smallest absolute Gasteiger partial charge is 0.311 e. The highest BCUT2D eigenvalue weighted by atomic mass is 16.6. The molecule has 0 radical (unpaired) electrons. The summed E-state index contributed by atoms with van der Waals surface area (Å²) in [5.74, 6) is 0.194. The van der Waals surface area contributed by atoms with E-state index in [9.17, 15) is 15.4 Å². The highest BCUT2D eigenvalue weighted by Gasteiger charge is 2.33. The third-order valence-corrected chi connectivity index (χ3v) is 3.17. The number of ether oxygens (including phenoxy) is 1. The topological polar surface area (TPSA) is 88.2 Å². The summed E-state index contributed by atoms with van der Waals surface area (Å²) in [4.78, 5) is 10.5. The second kappa shape index (κ2) is 5.47. The van der Waals surface area contributed by atoms with Gasteiger partial charge in [0.2, 0.25) is 0 Å². The Hall–Kier alpha value is -2.13. The molecule has 0 amide bonds. The Bertz CT molecular complexity index is 563. The second-order valence-electron chi connectivity index (χ2n) is 5.38. The molecule has 1 atom stereocenters. The predicted molar refractivity (Wildman–Crippen MR) is 73.5 cm³/mol. The molecule has 1 unspecified atom stereocenters. The van der Waals surface area contributed by atoms with Gasteiger partial charge in [0, 0.05) is 12.1 Å². The summed E-state index contributed by atoms with van der Waals surface area (Å²) in [6, 6.07) is 7.32. The molecule has 0 spiro atoms. The molecule has 6 heteroatoms. The van der Waals surface area contributed by atoms with Crippen LogP contribution in [-0.2, 0) is 0 Å². The quantitative estimate of drug-likeness (QED) is 0.635. The zero-order chi connectivity index (χ0) is 14.8. The molecule has 1 aliphatic rings. The van der Waals surface area contributed by atoms with Crippen LogP contribution >= 0.6 is 0 Å². The number of aryl methyl sites for hydroxylation is 1. The number of nitrogens with one attached hydrogen (secondary N) is 1. The van der Waals surface area contributed by atoms with Gasteiger partial charge >= 0.3 is 5.69 Å². The van der Waals surface area contributed by atoms with Crippen LogP contribution in [0.15, 0.2) is 18.2 Å². The van der Waals surface area contributed by atoms with E-state index < -0.39 is 10.5 Å². The normalized spacial score (nSPS) is 17.1. The van der Waals surface area contributed by atoms with Crippen LogP contribution in [0.5, 0.6) is 5.75 Å². The van der Waals surface area contributed by atoms with Crippen LogP contribution in [0.25, 0.3) is 0 Å². The van der Waals surface area contributed by atoms with Gasteiger partial charge in [0.15, 0.2) is 5.75 Å². The lowest BCUT2D eigenvalue weighted by atomic mass is 10.1. The predicted octanol–water partition coefficient (Wildman–Crippen LogP) is 2.32. The van der Waals surface area contributed by atoms with Crippen LogP contribution in [0.1, 0.15) is 25.3 Å². The molecule has 1 aromatic carbocycles. The number of rotatable bonds is 6. The van der Waals surface area contributed by atoms with Gasteiger partial charge in [-0.15, -0.1) is 0 Å². The van der Waals surface area contributed by atoms with Crippen molar-refractivity contribution >= 4 is 5.69 Å². The van der Waals surface area contributed by atoms with Gasteiger partial charge in [-0.2, -0.15) is 5.26 Å². The first kappa shape index (κ1) is 14.3. The number of hydrogen-bond acceptors (Lipinski definition) is 5. The van der Waals surface area contributed by atoms with E-state index >= 15 is 0 Å². The lowest BCUT2D eigenvalue weighted by Gasteiger charge is -2.23. The van der Waals surface area contributed by atoms with Gasteiger partial charge in [-0.1, -0.05) is 6.07 Å². The van der Waals surface area contributed by atoms with Crippen LogP contribution in [-0.4, -0.2) is 23.1 Å². The summed E-state index contributed by atoms with van der Waals surface area (Å²) in [6.07, 6.45) is 2.11. The molecule has 0 bridgehead atoms. The zero-order valence-electron chi connectivity index (χ0n) is 11.5. The maximum atomic E-state index is 11.0. The number of nitro benzene ring substituents is 1. The molecule has 1 aromatic rings. The summed E-state index contributed by atoms with van der Waals surface area (Å²) in [5.41, 5.74) is -0.111. The maximum absolute atomic E-state index is 11.0. The van der Waals surface area contributed by atoms with Crippen LogP contribution in [0.4, 0.5) is 5.69 Å².